The molecule has 3 unspecified atom stereocenters. The summed E-state index contributed by atoms with van der Waals surface area (Å²) in [7, 11) is 0. The molecule has 104 valence electrons. The van der Waals surface area contributed by atoms with Gasteiger partial charge in [-0.05, 0) is 47.5 Å². The quantitative estimate of drug-likeness (QED) is 0.828. The van der Waals surface area contributed by atoms with E-state index in [1.54, 1.807) is 6.07 Å². The van der Waals surface area contributed by atoms with Crippen molar-refractivity contribution in [3.63, 3.8) is 0 Å². The number of ether oxygens (including phenoxy) is 1. The molecule has 1 amide bonds. The molecule has 1 aliphatic carbocycles. The Balaban J connectivity index is 2.04. The number of carbonyl (C=O) groups is 1. The van der Waals surface area contributed by atoms with Crippen LogP contribution in [0.2, 0.25) is 0 Å². The Morgan fingerprint density at radius 2 is 2.26 bits per heavy atom. The Hall–Kier alpha value is -0.430. The summed E-state index contributed by atoms with van der Waals surface area (Å²) in [4.78, 5) is 12.2. The summed E-state index contributed by atoms with van der Waals surface area (Å²) >= 11 is 6.74. The molecule has 0 spiro atoms. The van der Waals surface area contributed by atoms with Crippen LogP contribution in [0, 0.1) is 0 Å². The first-order chi connectivity index (χ1) is 9.02. The average molecular weight is 392 g/mol. The SMILES string of the molecule is CCOC1CC(N)C1NC(=O)c1ccc(Br)cc1Br. The van der Waals surface area contributed by atoms with Crippen LogP contribution in [0.5, 0.6) is 0 Å². The highest BCUT2D eigenvalue weighted by Crippen LogP contribution is 2.25. The molecular weight excluding hydrogens is 376 g/mol. The highest BCUT2D eigenvalue weighted by Gasteiger charge is 2.40. The maximum atomic E-state index is 12.2. The lowest BCUT2D eigenvalue weighted by Gasteiger charge is -2.42. The number of rotatable bonds is 4. The van der Waals surface area contributed by atoms with E-state index in [-0.39, 0.29) is 24.1 Å². The maximum absolute atomic E-state index is 12.2. The first-order valence-electron chi connectivity index (χ1n) is 6.16. The lowest BCUT2D eigenvalue weighted by molar-refractivity contribution is -0.0300. The topological polar surface area (TPSA) is 64.3 Å². The van der Waals surface area contributed by atoms with E-state index in [9.17, 15) is 4.79 Å². The maximum Gasteiger partial charge on any atom is 0.252 e. The number of benzene rings is 1. The molecular formula is C13H16Br2N2O2. The summed E-state index contributed by atoms with van der Waals surface area (Å²) in [5.41, 5.74) is 6.51. The third-order valence-corrected chi connectivity index (χ3v) is 4.37. The minimum absolute atomic E-state index is 0.0261. The van der Waals surface area contributed by atoms with Gasteiger partial charge in [-0.1, -0.05) is 15.9 Å². The Morgan fingerprint density at radius 3 is 2.84 bits per heavy atom. The molecule has 19 heavy (non-hydrogen) atoms. The van der Waals surface area contributed by atoms with Crippen molar-refractivity contribution >= 4 is 37.8 Å². The molecule has 3 atom stereocenters. The van der Waals surface area contributed by atoms with Crippen LogP contribution in [0.15, 0.2) is 27.1 Å². The van der Waals surface area contributed by atoms with E-state index in [4.69, 9.17) is 10.5 Å². The number of halogens is 2. The van der Waals surface area contributed by atoms with Gasteiger partial charge in [0, 0.05) is 21.6 Å². The van der Waals surface area contributed by atoms with Gasteiger partial charge >= 0.3 is 0 Å². The van der Waals surface area contributed by atoms with Gasteiger partial charge < -0.3 is 15.8 Å². The lowest BCUT2D eigenvalue weighted by atomic mass is 9.83. The largest absolute Gasteiger partial charge is 0.376 e. The molecule has 0 aromatic heterocycles. The number of hydrogen-bond donors (Lipinski definition) is 2. The molecule has 2 rings (SSSR count). The zero-order chi connectivity index (χ0) is 14.0. The van der Waals surface area contributed by atoms with E-state index < -0.39 is 0 Å². The minimum atomic E-state index is -0.135. The molecule has 4 nitrogen and oxygen atoms in total. The van der Waals surface area contributed by atoms with Gasteiger partial charge in [0.25, 0.3) is 5.91 Å². The molecule has 1 aromatic rings. The molecule has 0 radical (unpaired) electrons. The molecule has 0 bridgehead atoms. The van der Waals surface area contributed by atoms with E-state index in [0.717, 1.165) is 15.4 Å². The van der Waals surface area contributed by atoms with E-state index >= 15 is 0 Å². The summed E-state index contributed by atoms with van der Waals surface area (Å²) in [6.45, 7) is 2.57. The van der Waals surface area contributed by atoms with Crippen LogP contribution in [-0.2, 0) is 4.74 Å². The van der Waals surface area contributed by atoms with Gasteiger partial charge in [0.05, 0.1) is 17.7 Å². The van der Waals surface area contributed by atoms with Gasteiger partial charge in [0.1, 0.15) is 0 Å². The van der Waals surface area contributed by atoms with E-state index in [2.05, 4.69) is 37.2 Å². The number of nitrogens with one attached hydrogen (secondary N) is 1. The first kappa shape index (κ1) is 15.0. The smallest absolute Gasteiger partial charge is 0.252 e. The van der Waals surface area contributed by atoms with Gasteiger partial charge in [0.15, 0.2) is 0 Å². The zero-order valence-electron chi connectivity index (χ0n) is 10.5. The minimum Gasteiger partial charge on any atom is -0.376 e. The predicted octanol–water partition coefficient (Wildman–Crippen LogP) is 2.45. The predicted molar refractivity (Wildman–Crippen MR) is 81.1 cm³/mol. The van der Waals surface area contributed by atoms with Crippen LogP contribution in [0.1, 0.15) is 23.7 Å². The van der Waals surface area contributed by atoms with Crippen LogP contribution in [0.4, 0.5) is 0 Å². The molecule has 1 aromatic carbocycles. The van der Waals surface area contributed by atoms with Gasteiger partial charge in [0.2, 0.25) is 0 Å². The molecule has 0 aliphatic heterocycles. The Bertz CT molecular complexity index is 480. The molecule has 0 saturated heterocycles. The van der Waals surface area contributed by atoms with Crippen LogP contribution < -0.4 is 11.1 Å². The van der Waals surface area contributed by atoms with Gasteiger partial charge in [-0.25, -0.2) is 0 Å². The van der Waals surface area contributed by atoms with E-state index in [1.807, 2.05) is 19.1 Å². The standard InChI is InChI=1S/C13H16Br2N2O2/c1-2-19-11-6-10(16)12(11)17-13(18)8-4-3-7(14)5-9(8)15/h3-5,10-12H,2,6,16H2,1H3,(H,17,18). The van der Waals surface area contributed by atoms with Crippen molar-refractivity contribution in [2.24, 2.45) is 5.73 Å². The summed E-state index contributed by atoms with van der Waals surface area (Å²) in [6.07, 6.45) is 0.818. The lowest BCUT2D eigenvalue weighted by Crippen LogP contribution is -2.64. The molecule has 3 N–H and O–H groups in total. The summed E-state index contributed by atoms with van der Waals surface area (Å²) in [5.74, 6) is -0.135. The monoisotopic (exact) mass is 390 g/mol. The molecule has 1 aliphatic rings. The van der Waals surface area contributed by atoms with Crippen molar-refractivity contribution in [1.29, 1.82) is 0 Å². The fraction of sp³-hybridized carbons (Fsp3) is 0.462. The van der Waals surface area contributed by atoms with Crippen molar-refractivity contribution in [3.8, 4) is 0 Å². The zero-order valence-corrected chi connectivity index (χ0v) is 13.7. The number of hydrogen-bond acceptors (Lipinski definition) is 3. The third-order valence-electron chi connectivity index (χ3n) is 3.22. The van der Waals surface area contributed by atoms with E-state index in [1.165, 1.54) is 0 Å². The Morgan fingerprint density at radius 1 is 1.53 bits per heavy atom. The second-order valence-electron chi connectivity index (χ2n) is 4.52. The number of nitrogens with two attached hydrogens (primary N) is 1. The van der Waals surface area contributed by atoms with Crippen molar-refractivity contribution in [1.82, 2.24) is 5.32 Å². The van der Waals surface area contributed by atoms with Crippen LogP contribution in [-0.4, -0.2) is 30.7 Å². The molecule has 1 saturated carbocycles. The van der Waals surface area contributed by atoms with Crippen molar-refractivity contribution in [2.75, 3.05) is 6.61 Å². The fourth-order valence-electron chi connectivity index (χ4n) is 2.13. The number of amides is 1. The van der Waals surface area contributed by atoms with Crippen molar-refractivity contribution in [2.45, 2.75) is 31.5 Å². The molecule has 1 fully saturated rings. The fourth-order valence-corrected chi connectivity index (χ4v) is 3.36. The highest BCUT2D eigenvalue weighted by atomic mass is 79.9. The third kappa shape index (κ3) is 3.37. The van der Waals surface area contributed by atoms with Gasteiger partial charge in [-0.15, -0.1) is 0 Å². The van der Waals surface area contributed by atoms with Gasteiger partial charge in [-0.2, -0.15) is 0 Å². The Labute approximate surface area is 129 Å². The van der Waals surface area contributed by atoms with Crippen LogP contribution in [0.25, 0.3) is 0 Å². The van der Waals surface area contributed by atoms with Crippen LogP contribution in [0.3, 0.4) is 0 Å². The second-order valence-corrected chi connectivity index (χ2v) is 6.29. The van der Waals surface area contributed by atoms with E-state index in [0.29, 0.717) is 12.2 Å². The van der Waals surface area contributed by atoms with Crippen molar-refractivity contribution < 1.29 is 9.53 Å². The summed E-state index contributed by atoms with van der Waals surface area (Å²) in [5, 5.41) is 2.94. The van der Waals surface area contributed by atoms with Crippen molar-refractivity contribution in [3.05, 3.63) is 32.7 Å². The van der Waals surface area contributed by atoms with Gasteiger partial charge in [-0.3, -0.25) is 4.79 Å². The number of carbonyl (C=O) groups excluding carboxylic acids is 1. The summed E-state index contributed by atoms with van der Waals surface area (Å²) < 4.78 is 7.20. The molecule has 0 heterocycles. The van der Waals surface area contributed by atoms with Crippen LogP contribution >= 0.6 is 31.9 Å². The average Bonchev–Trinajstić information content (AvgIpc) is 2.35. The second kappa shape index (κ2) is 6.35. The molecule has 6 heteroatoms. The normalized spacial score (nSPS) is 25.8. The first-order valence-corrected chi connectivity index (χ1v) is 7.74. The summed E-state index contributed by atoms with van der Waals surface area (Å²) in [6, 6.07) is 5.30. The highest BCUT2D eigenvalue weighted by molar-refractivity contribution is 9.11. The Kier molecular flexibility index (Phi) is 5.00.